The molecule has 2 nitrogen and oxygen atoms in total. The molecule has 1 aromatic heterocycles. The van der Waals surface area contributed by atoms with Crippen molar-refractivity contribution in [2.45, 2.75) is 76.0 Å². The molecule has 0 saturated heterocycles. The maximum atomic E-state index is 2.85. The van der Waals surface area contributed by atoms with Gasteiger partial charge in [-0.05, 0) is 121 Å². The van der Waals surface area contributed by atoms with Crippen molar-refractivity contribution in [1.82, 2.24) is 0 Å². The van der Waals surface area contributed by atoms with Gasteiger partial charge in [-0.15, -0.1) is 11.3 Å². The fourth-order valence-electron chi connectivity index (χ4n) is 14.4. The van der Waals surface area contributed by atoms with Crippen molar-refractivity contribution in [1.29, 1.82) is 0 Å². The molecule has 4 heterocycles. The largest absolute Gasteiger partial charge is 0.376 e. The molecule has 0 atom stereocenters. The number of nitrogens with zero attached hydrogens (tertiary/aromatic N) is 2. The van der Waals surface area contributed by atoms with Crippen LogP contribution in [0.1, 0.15) is 98.9 Å². The van der Waals surface area contributed by atoms with Crippen LogP contribution >= 0.6 is 11.3 Å². The van der Waals surface area contributed by atoms with E-state index in [1.165, 1.54) is 133 Å². The van der Waals surface area contributed by atoms with Crippen molar-refractivity contribution in [3.63, 3.8) is 0 Å². The molecule has 0 radical (unpaired) electrons. The molecule has 0 unspecified atom stereocenters. The van der Waals surface area contributed by atoms with Crippen LogP contribution in [0.2, 0.25) is 0 Å². The molecule has 0 bridgehead atoms. The second-order valence-corrected chi connectivity index (χ2v) is 23.6. The van der Waals surface area contributed by atoms with E-state index in [9.17, 15) is 0 Å². The number of hydrogen-bond acceptors (Lipinski definition) is 3. The first-order valence-corrected chi connectivity index (χ1v) is 26.2. The Hall–Kier alpha value is -7.14. The number of thiophene rings is 1. The lowest BCUT2D eigenvalue weighted by Crippen LogP contribution is -2.63. The molecule has 70 heavy (non-hydrogen) atoms. The Morgan fingerprint density at radius 2 is 1.11 bits per heavy atom. The summed E-state index contributed by atoms with van der Waals surface area (Å²) in [6, 6.07) is 72.8. The molecular formula is C66H53BN2S. The normalized spacial score (nSPS) is 17.5. The molecule has 0 spiro atoms. The SMILES string of the molecule is CC1(C)CCC(C)(C)c2cc(N3B4c5cccc6c5N(c5ccccc5C6(c5ccccc5)c5ccccc5)c5cc6c(sc7ccccc76)c(c54)-c4ccc5c(c43)C(C)(C)c3ccccc3-5)ccc21. The van der Waals surface area contributed by atoms with Crippen LogP contribution in [0.15, 0.2) is 188 Å². The van der Waals surface area contributed by atoms with Crippen LogP contribution < -0.4 is 20.6 Å². The molecule has 5 aliphatic rings. The number of para-hydroxylation sites is 2. The predicted molar refractivity (Wildman–Crippen MR) is 298 cm³/mol. The monoisotopic (exact) mass is 916 g/mol. The molecule has 0 saturated carbocycles. The van der Waals surface area contributed by atoms with Crippen LogP contribution in [0.5, 0.6) is 0 Å². The van der Waals surface area contributed by atoms with E-state index in [1.807, 2.05) is 11.3 Å². The highest BCUT2D eigenvalue weighted by atomic mass is 32.1. The zero-order chi connectivity index (χ0) is 47.1. The lowest BCUT2D eigenvalue weighted by atomic mass is 9.42. The van der Waals surface area contributed by atoms with Gasteiger partial charge in [0.25, 0.3) is 0 Å². The summed E-state index contributed by atoms with van der Waals surface area (Å²) in [6.07, 6.45) is 2.34. The van der Waals surface area contributed by atoms with Crippen LogP contribution in [0.4, 0.5) is 28.4 Å². The van der Waals surface area contributed by atoms with Crippen molar-refractivity contribution >= 4 is 77.7 Å². The summed E-state index contributed by atoms with van der Waals surface area (Å²) >= 11 is 1.97. The average molecular weight is 917 g/mol. The summed E-state index contributed by atoms with van der Waals surface area (Å²) in [6.45, 7) is 14.7. The fraction of sp³-hybridized carbons (Fsp3) is 0.182. The van der Waals surface area contributed by atoms with Gasteiger partial charge >= 0.3 is 6.85 Å². The molecule has 15 rings (SSSR count). The molecule has 0 amide bonds. The van der Waals surface area contributed by atoms with Gasteiger partial charge < -0.3 is 9.71 Å². The van der Waals surface area contributed by atoms with E-state index in [1.54, 1.807) is 0 Å². The standard InChI is InChI=1S/C66H53BN2S/c1-63(2)36-37-64(3,4)52-38-42(32-35-49(52)63)69-60-46(34-33-45-43-24-13-15-26-48(43)65(5,6)58(45)60)57-59-55(39-47-44-25-14-18-31-56(44)70-62(47)57)68-54-30-17-16-27-50(54)66(40-20-9-7-10-21-40,41-22-11-8-12-23-41)51-28-19-29-53(61(51)68)67(59)69/h7-35,38-39H,36-37H2,1-6H3. The minimum atomic E-state index is -0.593. The van der Waals surface area contributed by atoms with Crippen LogP contribution in [0.25, 0.3) is 42.4 Å². The zero-order valence-electron chi connectivity index (χ0n) is 40.7. The Labute approximate surface area is 416 Å². The van der Waals surface area contributed by atoms with Gasteiger partial charge in [0.2, 0.25) is 0 Å². The highest BCUT2D eigenvalue weighted by Crippen LogP contribution is 2.63. The Bertz CT molecular complexity index is 3860. The van der Waals surface area contributed by atoms with Gasteiger partial charge in [0.1, 0.15) is 0 Å². The molecule has 3 aliphatic heterocycles. The first-order valence-electron chi connectivity index (χ1n) is 25.3. The second-order valence-electron chi connectivity index (χ2n) is 22.6. The molecule has 4 heteroatoms. The molecule has 336 valence electrons. The van der Waals surface area contributed by atoms with E-state index >= 15 is 0 Å². The Kier molecular flexibility index (Phi) is 8.03. The minimum Gasteiger partial charge on any atom is -0.376 e. The molecule has 10 aromatic rings. The van der Waals surface area contributed by atoms with Gasteiger partial charge in [0.05, 0.1) is 11.1 Å². The maximum absolute atomic E-state index is 2.85. The average Bonchev–Trinajstić information content (AvgIpc) is 3.88. The van der Waals surface area contributed by atoms with Crippen LogP contribution in [0, 0.1) is 0 Å². The van der Waals surface area contributed by atoms with Crippen molar-refractivity contribution in [2.24, 2.45) is 0 Å². The smallest absolute Gasteiger partial charge is 0.333 e. The predicted octanol–water partition coefficient (Wildman–Crippen LogP) is 16.1. The number of rotatable bonds is 3. The van der Waals surface area contributed by atoms with Gasteiger partial charge in [-0.25, -0.2) is 0 Å². The highest BCUT2D eigenvalue weighted by molar-refractivity contribution is 7.26. The minimum absolute atomic E-state index is 0.0316. The third-order valence-electron chi connectivity index (χ3n) is 17.7. The molecule has 0 fully saturated rings. The Morgan fingerprint density at radius 3 is 1.89 bits per heavy atom. The van der Waals surface area contributed by atoms with Gasteiger partial charge in [-0.3, -0.25) is 0 Å². The van der Waals surface area contributed by atoms with Crippen LogP contribution in [0.3, 0.4) is 0 Å². The second kappa shape index (κ2) is 13.8. The molecule has 2 aliphatic carbocycles. The summed E-state index contributed by atoms with van der Waals surface area (Å²) < 4.78 is 2.70. The first kappa shape index (κ1) is 40.7. The van der Waals surface area contributed by atoms with E-state index in [-0.39, 0.29) is 23.1 Å². The number of hydrogen-bond donors (Lipinski definition) is 0. The topological polar surface area (TPSA) is 6.48 Å². The van der Waals surface area contributed by atoms with E-state index < -0.39 is 5.41 Å². The van der Waals surface area contributed by atoms with Gasteiger partial charge in [-0.1, -0.05) is 199 Å². The quantitative estimate of drug-likeness (QED) is 0.163. The van der Waals surface area contributed by atoms with Gasteiger partial charge in [0.15, 0.2) is 0 Å². The van der Waals surface area contributed by atoms with Gasteiger partial charge in [0, 0.05) is 59.5 Å². The summed E-state index contributed by atoms with van der Waals surface area (Å²) in [4.78, 5) is 5.55. The molecule has 0 N–H and O–H groups in total. The van der Waals surface area contributed by atoms with E-state index in [0.717, 1.165) is 6.42 Å². The first-order chi connectivity index (χ1) is 34.0. The van der Waals surface area contributed by atoms with Crippen LogP contribution in [-0.2, 0) is 21.7 Å². The lowest BCUT2D eigenvalue weighted by molar-refractivity contribution is 0.332. The Balaban J connectivity index is 1.15. The number of anilines is 5. The summed E-state index contributed by atoms with van der Waals surface area (Å²) in [5.74, 6) is 0. The van der Waals surface area contributed by atoms with Crippen LogP contribution in [-0.4, -0.2) is 6.85 Å². The summed E-state index contributed by atoms with van der Waals surface area (Å²) in [5.41, 5.74) is 24.8. The highest BCUT2D eigenvalue weighted by Gasteiger charge is 2.55. The fourth-order valence-corrected chi connectivity index (χ4v) is 15.7. The van der Waals surface area contributed by atoms with Crippen molar-refractivity contribution in [3.05, 3.63) is 233 Å². The zero-order valence-corrected chi connectivity index (χ0v) is 41.5. The van der Waals surface area contributed by atoms with E-state index in [0.29, 0.717) is 0 Å². The van der Waals surface area contributed by atoms with E-state index in [2.05, 4.69) is 239 Å². The number of benzene rings is 9. The molecular weight excluding hydrogens is 864 g/mol. The third-order valence-corrected chi connectivity index (χ3v) is 18.9. The van der Waals surface area contributed by atoms with E-state index in [4.69, 9.17) is 0 Å². The maximum Gasteiger partial charge on any atom is 0.333 e. The lowest BCUT2D eigenvalue weighted by Gasteiger charge is -2.52. The van der Waals surface area contributed by atoms with Crippen molar-refractivity contribution < 1.29 is 0 Å². The third kappa shape index (κ3) is 5.00. The van der Waals surface area contributed by atoms with Crippen molar-refractivity contribution in [2.75, 3.05) is 9.71 Å². The number of fused-ring (bicyclic) bond motifs is 15. The van der Waals surface area contributed by atoms with Gasteiger partial charge in [-0.2, -0.15) is 0 Å². The Morgan fingerprint density at radius 1 is 0.471 bits per heavy atom. The summed E-state index contributed by atoms with van der Waals surface area (Å²) in [7, 11) is 0. The van der Waals surface area contributed by atoms with Crippen molar-refractivity contribution in [3.8, 4) is 22.3 Å². The summed E-state index contributed by atoms with van der Waals surface area (Å²) in [5, 5.41) is 2.65. The molecule has 9 aromatic carbocycles.